The van der Waals surface area contributed by atoms with E-state index in [9.17, 15) is 4.79 Å². The lowest BCUT2D eigenvalue weighted by molar-refractivity contribution is -0.118. The molecule has 0 spiro atoms. The van der Waals surface area contributed by atoms with Crippen LogP contribution in [0.4, 0.5) is 0 Å². The van der Waals surface area contributed by atoms with Gasteiger partial charge in [0.05, 0.1) is 13.0 Å². The molecule has 1 fully saturated rings. The molecule has 0 N–H and O–H groups in total. The predicted molar refractivity (Wildman–Crippen MR) is 68.7 cm³/mol. The van der Waals surface area contributed by atoms with Gasteiger partial charge in [-0.15, -0.1) is 0 Å². The number of ether oxygens (including phenoxy) is 1. The fourth-order valence-corrected chi connectivity index (χ4v) is 2.14. The van der Waals surface area contributed by atoms with Crippen molar-refractivity contribution < 1.29 is 14.1 Å². The summed E-state index contributed by atoms with van der Waals surface area (Å²) in [5.41, 5.74) is 0. The van der Waals surface area contributed by atoms with Crippen LogP contribution in [0.25, 0.3) is 0 Å². The maximum absolute atomic E-state index is 11.3. The second-order valence-electron chi connectivity index (χ2n) is 4.78. The average molecular weight is 267 g/mol. The standard InChI is InChI=1S/C13H21N3O3/c1-3-5-16-6-7-18-11(9-16)13-14-12(19-15-13)8-10(17)4-2/h11H,3-9H2,1-2H3. The van der Waals surface area contributed by atoms with Gasteiger partial charge in [-0.3, -0.25) is 9.69 Å². The molecule has 0 aromatic carbocycles. The second-order valence-corrected chi connectivity index (χ2v) is 4.78. The molecule has 19 heavy (non-hydrogen) atoms. The fourth-order valence-electron chi connectivity index (χ4n) is 2.14. The van der Waals surface area contributed by atoms with E-state index >= 15 is 0 Å². The molecule has 0 radical (unpaired) electrons. The third-order valence-electron chi connectivity index (χ3n) is 3.20. The van der Waals surface area contributed by atoms with E-state index in [1.165, 1.54) is 0 Å². The number of aromatic nitrogens is 2. The Morgan fingerprint density at radius 3 is 3.05 bits per heavy atom. The Morgan fingerprint density at radius 1 is 1.47 bits per heavy atom. The summed E-state index contributed by atoms with van der Waals surface area (Å²) in [5.74, 6) is 1.05. The van der Waals surface area contributed by atoms with Gasteiger partial charge in [-0.25, -0.2) is 0 Å². The molecule has 1 aliphatic rings. The summed E-state index contributed by atoms with van der Waals surface area (Å²) in [4.78, 5) is 17.9. The van der Waals surface area contributed by atoms with Crippen LogP contribution in [0.5, 0.6) is 0 Å². The molecule has 0 aliphatic carbocycles. The SMILES string of the molecule is CCCN1CCOC(c2noc(CC(=O)CC)n2)C1. The Hall–Kier alpha value is -1.27. The fraction of sp³-hybridized carbons (Fsp3) is 0.769. The van der Waals surface area contributed by atoms with Gasteiger partial charge in [0.2, 0.25) is 11.7 Å². The lowest BCUT2D eigenvalue weighted by Crippen LogP contribution is -2.39. The molecule has 6 heteroatoms. The summed E-state index contributed by atoms with van der Waals surface area (Å²) in [6, 6.07) is 0. The molecule has 1 aliphatic heterocycles. The number of rotatable bonds is 6. The molecule has 0 amide bonds. The Kier molecular flexibility index (Phi) is 5.04. The summed E-state index contributed by atoms with van der Waals surface area (Å²) in [6.07, 6.45) is 1.68. The van der Waals surface area contributed by atoms with Crippen LogP contribution in [0.2, 0.25) is 0 Å². The Morgan fingerprint density at radius 2 is 2.32 bits per heavy atom. The molecule has 106 valence electrons. The molecular formula is C13H21N3O3. The highest BCUT2D eigenvalue weighted by Crippen LogP contribution is 2.20. The zero-order valence-corrected chi connectivity index (χ0v) is 11.6. The van der Waals surface area contributed by atoms with Crippen molar-refractivity contribution in [3.63, 3.8) is 0 Å². The van der Waals surface area contributed by atoms with Gasteiger partial charge < -0.3 is 9.26 Å². The summed E-state index contributed by atoms with van der Waals surface area (Å²) in [6.45, 7) is 7.46. The van der Waals surface area contributed by atoms with Crippen LogP contribution in [0.15, 0.2) is 4.52 Å². The molecule has 0 saturated carbocycles. The Labute approximate surface area is 113 Å². The molecule has 1 aromatic heterocycles. The summed E-state index contributed by atoms with van der Waals surface area (Å²) in [5, 5.41) is 3.93. The zero-order valence-electron chi connectivity index (χ0n) is 11.6. The highest BCUT2D eigenvalue weighted by Gasteiger charge is 2.26. The van der Waals surface area contributed by atoms with E-state index in [0.29, 0.717) is 24.7 Å². The minimum absolute atomic E-state index is 0.104. The summed E-state index contributed by atoms with van der Waals surface area (Å²) in [7, 11) is 0. The minimum atomic E-state index is -0.144. The van der Waals surface area contributed by atoms with E-state index in [1.807, 2.05) is 6.92 Å². The van der Waals surface area contributed by atoms with Crippen molar-refractivity contribution in [2.75, 3.05) is 26.2 Å². The molecular weight excluding hydrogens is 246 g/mol. The number of hydrogen-bond donors (Lipinski definition) is 0. The number of ketones is 1. The van der Waals surface area contributed by atoms with Crippen LogP contribution in [-0.2, 0) is 16.0 Å². The number of Topliss-reactive ketones (excluding diaryl/α,β-unsaturated/α-hetero) is 1. The van der Waals surface area contributed by atoms with Gasteiger partial charge in [-0.1, -0.05) is 19.0 Å². The third kappa shape index (κ3) is 3.84. The molecule has 1 unspecified atom stereocenters. The van der Waals surface area contributed by atoms with Gasteiger partial charge in [0, 0.05) is 19.5 Å². The van der Waals surface area contributed by atoms with Crippen molar-refractivity contribution in [3.8, 4) is 0 Å². The van der Waals surface area contributed by atoms with E-state index in [2.05, 4.69) is 22.0 Å². The number of hydrogen-bond acceptors (Lipinski definition) is 6. The maximum atomic E-state index is 11.3. The van der Waals surface area contributed by atoms with Gasteiger partial charge in [-0.2, -0.15) is 4.98 Å². The van der Waals surface area contributed by atoms with Gasteiger partial charge >= 0.3 is 0 Å². The third-order valence-corrected chi connectivity index (χ3v) is 3.20. The molecule has 2 heterocycles. The summed E-state index contributed by atoms with van der Waals surface area (Å²) < 4.78 is 10.8. The molecule has 2 rings (SSSR count). The number of morpholine rings is 1. The monoisotopic (exact) mass is 267 g/mol. The molecule has 1 aromatic rings. The van der Waals surface area contributed by atoms with Crippen molar-refractivity contribution in [1.29, 1.82) is 0 Å². The number of carbonyl (C=O) groups is 1. The van der Waals surface area contributed by atoms with Crippen LogP contribution < -0.4 is 0 Å². The molecule has 1 saturated heterocycles. The normalized spacial score (nSPS) is 20.6. The van der Waals surface area contributed by atoms with E-state index in [1.54, 1.807) is 0 Å². The topological polar surface area (TPSA) is 68.5 Å². The number of carbonyl (C=O) groups excluding carboxylic acids is 1. The van der Waals surface area contributed by atoms with Crippen molar-refractivity contribution >= 4 is 5.78 Å². The highest BCUT2D eigenvalue weighted by molar-refractivity contribution is 5.79. The van der Waals surface area contributed by atoms with Crippen LogP contribution in [0.3, 0.4) is 0 Å². The minimum Gasteiger partial charge on any atom is -0.367 e. The van der Waals surface area contributed by atoms with Crippen molar-refractivity contribution in [2.45, 2.75) is 39.2 Å². The van der Waals surface area contributed by atoms with Crippen LogP contribution in [0, 0.1) is 0 Å². The quantitative estimate of drug-likeness (QED) is 0.775. The van der Waals surface area contributed by atoms with Crippen molar-refractivity contribution in [2.24, 2.45) is 0 Å². The van der Waals surface area contributed by atoms with E-state index in [4.69, 9.17) is 9.26 Å². The largest absolute Gasteiger partial charge is 0.367 e. The lowest BCUT2D eigenvalue weighted by Gasteiger charge is -2.30. The lowest BCUT2D eigenvalue weighted by atomic mass is 10.2. The first-order chi connectivity index (χ1) is 9.22. The molecule has 1 atom stereocenters. The first-order valence-corrected chi connectivity index (χ1v) is 6.91. The van der Waals surface area contributed by atoms with E-state index in [0.717, 1.165) is 26.1 Å². The number of nitrogens with zero attached hydrogens (tertiary/aromatic N) is 3. The van der Waals surface area contributed by atoms with Crippen molar-refractivity contribution in [3.05, 3.63) is 11.7 Å². The van der Waals surface area contributed by atoms with Crippen LogP contribution in [0.1, 0.15) is 44.5 Å². The molecule has 6 nitrogen and oxygen atoms in total. The van der Waals surface area contributed by atoms with Gasteiger partial charge in [0.15, 0.2) is 0 Å². The van der Waals surface area contributed by atoms with Crippen molar-refractivity contribution in [1.82, 2.24) is 15.0 Å². The summed E-state index contributed by atoms with van der Waals surface area (Å²) >= 11 is 0. The smallest absolute Gasteiger partial charge is 0.234 e. The highest BCUT2D eigenvalue weighted by atomic mass is 16.5. The van der Waals surface area contributed by atoms with Gasteiger partial charge in [0.1, 0.15) is 11.9 Å². The van der Waals surface area contributed by atoms with Gasteiger partial charge in [0.25, 0.3) is 0 Å². The average Bonchev–Trinajstić information content (AvgIpc) is 2.88. The maximum Gasteiger partial charge on any atom is 0.234 e. The van der Waals surface area contributed by atoms with E-state index < -0.39 is 0 Å². The zero-order chi connectivity index (χ0) is 13.7. The van der Waals surface area contributed by atoms with Gasteiger partial charge in [-0.05, 0) is 13.0 Å². The van der Waals surface area contributed by atoms with Crippen LogP contribution >= 0.6 is 0 Å². The van der Waals surface area contributed by atoms with Crippen LogP contribution in [-0.4, -0.2) is 47.1 Å². The Bertz CT molecular complexity index is 417. The Balaban J connectivity index is 1.95. The van der Waals surface area contributed by atoms with E-state index in [-0.39, 0.29) is 18.3 Å². The second kappa shape index (κ2) is 6.77. The first kappa shape index (κ1) is 14.1. The molecule has 0 bridgehead atoms. The predicted octanol–water partition coefficient (Wildman–Crippen LogP) is 1.37. The first-order valence-electron chi connectivity index (χ1n) is 6.91.